The molecular formula is C28H28N6O2. The zero-order valence-electron chi connectivity index (χ0n) is 20.6. The first-order chi connectivity index (χ1) is 17.6. The Morgan fingerprint density at radius 1 is 1.14 bits per heavy atom. The highest BCUT2D eigenvalue weighted by atomic mass is 16.5. The molecule has 0 bridgehead atoms. The summed E-state index contributed by atoms with van der Waals surface area (Å²) in [7, 11) is 0. The van der Waals surface area contributed by atoms with E-state index in [1.54, 1.807) is 16.9 Å². The lowest BCUT2D eigenvalue weighted by Crippen LogP contribution is -2.14. The Kier molecular flexibility index (Phi) is 6.49. The fraction of sp³-hybridized carbons (Fsp3) is 0.214. The second-order valence-electron chi connectivity index (χ2n) is 8.47. The summed E-state index contributed by atoms with van der Waals surface area (Å²) in [5, 5.41) is 8.88. The fourth-order valence-electron chi connectivity index (χ4n) is 4.30. The monoisotopic (exact) mass is 480 g/mol. The number of carbonyl (C=O) groups excluding carboxylic acids is 1. The standard InChI is InChI=1S/C28H28N6O2/c1-4-22-27-23(10-7-11-24(27)34(32-22)18-21-9-6-8-19(3)30-21)31-28(35)25-17-29-26-16-20(12-14-33(25)26)13-15-36-5-2/h6-17H,4-5,18H2,1-3H3,(H,31,35)/b15-13-. The van der Waals surface area contributed by atoms with E-state index in [0.717, 1.165) is 45.7 Å². The van der Waals surface area contributed by atoms with Crippen molar-refractivity contribution in [3.63, 3.8) is 0 Å². The van der Waals surface area contributed by atoms with Crippen molar-refractivity contribution in [1.29, 1.82) is 0 Å². The number of imidazole rings is 1. The van der Waals surface area contributed by atoms with Gasteiger partial charge in [0.2, 0.25) is 0 Å². The number of carbonyl (C=O) groups is 1. The molecule has 36 heavy (non-hydrogen) atoms. The maximum atomic E-state index is 13.3. The van der Waals surface area contributed by atoms with E-state index < -0.39 is 0 Å². The van der Waals surface area contributed by atoms with Crippen LogP contribution in [0.3, 0.4) is 0 Å². The van der Waals surface area contributed by atoms with Crippen LogP contribution < -0.4 is 5.32 Å². The van der Waals surface area contributed by atoms with E-state index in [-0.39, 0.29) is 5.91 Å². The molecule has 0 spiro atoms. The van der Waals surface area contributed by atoms with Gasteiger partial charge in [-0.05, 0) is 68.3 Å². The van der Waals surface area contributed by atoms with Gasteiger partial charge in [-0.15, -0.1) is 0 Å². The van der Waals surface area contributed by atoms with Crippen molar-refractivity contribution in [3.8, 4) is 0 Å². The number of nitrogens with one attached hydrogen (secondary N) is 1. The molecule has 182 valence electrons. The first-order valence-electron chi connectivity index (χ1n) is 12.0. The molecule has 0 radical (unpaired) electrons. The van der Waals surface area contributed by atoms with Crippen LogP contribution in [0.15, 0.2) is 67.2 Å². The molecule has 0 aliphatic heterocycles. The second kappa shape index (κ2) is 10.0. The van der Waals surface area contributed by atoms with Crippen LogP contribution in [-0.4, -0.2) is 36.7 Å². The number of aryl methyl sites for hydroxylation is 2. The lowest BCUT2D eigenvalue weighted by atomic mass is 10.1. The predicted octanol–water partition coefficient (Wildman–Crippen LogP) is 5.26. The average Bonchev–Trinajstić information content (AvgIpc) is 3.46. The summed E-state index contributed by atoms with van der Waals surface area (Å²) in [6.07, 6.45) is 7.70. The van der Waals surface area contributed by atoms with E-state index in [0.29, 0.717) is 24.5 Å². The Morgan fingerprint density at radius 2 is 2.00 bits per heavy atom. The van der Waals surface area contributed by atoms with Crippen LogP contribution in [0.2, 0.25) is 0 Å². The molecule has 8 heteroatoms. The van der Waals surface area contributed by atoms with Gasteiger partial charge in [0.25, 0.3) is 5.91 Å². The molecule has 4 aromatic heterocycles. The van der Waals surface area contributed by atoms with E-state index in [4.69, 9.17) is 9.84 Å². The fourth-order valence-corrected chi connectivity index (χ4v) is 4.30. The summed E-state index contributed by atoms with van der Waals surface area (Å²) in [6.45, 7) is 7.15. The number of hydrogen-bond donors (Lipinski definition) is 1. The maximum absolute atomic E-state index is 13.3. The lowest BCUT2D eigenvalue weighted by molar-refractivity contribution is 0.102. The van der Waals surface area contributed by atoms with Crippen LogP contribution in [-0.2, 0) is 17.7 Å². The molecule has 1 N–H and O–H groups in total. The summed E-state index contributed by atoms with van der Waals surface area (Å²) in [6, 6.07) is 15.7. The molecule has 1 aromatic carbocycles. The molecule has 0 aliphatic rings. The molecular weight excluding hydrogens is 452 g/mol. The van der Waals surface area contributed by atoms with Gasteiger partial charge in [-0.25, -0.2) is 4.98 Å². The third-order valence-corrected chi connectivity index (χ3v) is 5.98. The van der Waals surface area contributed by atoms with Crippen molar-refractivity contribution in [1.82, 2.24) is 24.1 Å². The molecule has 8 nitrogen and oxygen atoms in total. The van der Waals surface area contributed by atoms with E-state index in [2.05, 4.69) is 22.2 Å². The number of benzene rings is 1. The topological polar surface area (TPSA) is 86.3 Å². The zero-order chi connectivity index (χ0) is 25.1. The molecule has 0 unspecified atom stereocenters. The quantitative estimate of drug-likeness (QED) is 0.306. The highest BCUT2D eigenvalue weighted by Gasteiger charge is 2.18. The van der Waals surface area contributed by atoms with Gasteiger partial charge in [0.15, 0.2) is 0 Å². The molecule has 1 amide bonds. The second-order valence-corrected chi connectivity index (χ2v) is 8.47. The van der Waals surface area contributed by atoms with Gasteiger partial charge in [0.1, 0.15) is 11.3 Å². The molecule has 5 aromatic rings. The number of aromatic nitrogens is 5. The molecule has 0 fully saturated rings. The number of fused-ring (bicyclic) bond motifs is 2. The number of pyridine rings is 2. The highest BCUT2D eigenvalue weighted by Crippen LogP contribution is 2.28. The number of hydrogen-bond acceptors (Lipinski definition) is 5. The normalized spacial score (nSPS) is 11.5. The summed E-state index contributed by atoms with van der Waals surface area (Å²) in [5.74, 6) is -0.234. The molecule has 5 rings (SSSR count). The summed E-state index contributed by atoms with van der Waals surface area (Å²) >= 11 is 0. The van der Waals surface area contributed by atoms with Gasteiger partial charge < -0.3 is 10.1 Å². The number of rotatable bonds is 8. The minimum Gasteiger partial charge on any atom is -0.501 e. The smallest absolute Gasteiger partial charge is 0.274 e. The van der Waals surface area contributed by atoms with Gasteiger partial charge in [-0.1, -0.05) is 19.1 Å². The number of amides is 1. The third-order valence-electron chi connectivity index (χ3n) is 5.98. The predicted molar refractivity (Wildman–Crippen MR) is 141 cm³/mol. The molecule has 0 aliphatic carbocycles. The van der Waals surface area contributed by atoms with Gasteiger partial charge in [0, 0.05) is 17.3 Å². The minimum atomic E-state index is -0.234. The highest BCUT2D eigenvalue weighted by molar-refractivity contribution is 6.08. The SMILES string of the molecule is CCO/C=C\c1ccn2c(C(=O)Nc3cccc4c3c(CC)nn4Cc3cccc(C)n3)cnc2c1. The third kappa shape index (κ3) is 4.57. The minimum absolute atomic E-state index is 0.234. The molecule has 4 heterocycles. The maximum Gasteiger partial charge on any atom is 0.274 e. The van der Waals surface area contributed by atoms with Crippen molar-refractivity contribution in [3.05, 3.63) is 95.5 Å². The van der Waals surface area contributed by atoms with Gasteiger partial charge in [-0.3, -0.25) is 18.9 Å². The van der Waals surface area contributed by atoms with Crippen LogP contribution in [0.4, 0.5) is 5.69 Å². The van der Waals surface area contributed by atoms with Crippen molar-refractivity contribution >= 4 is 34.2 Å². The number of nitrogens with zero attached hydrogens (tertiary/aromatic N) is 5. The van der Waals surface area contributed by atoms with Gasteiger partial charge in [0.05, 0.1) is 48.2 Å². The first-order valence-corrected chi connectivity index (χ1v) is 12.0. The Bertz CT molecular complexity index is 1580. The summed E-state index contributed by atoms with van der Waals surface area (Å²) in [5.41, 5.74) is 6.61. The molecule has 0 saturated carbocycles. The Morgan fingerprint density at radius 3 is 2.81 bits per heavy atom. The Labute approximate surface area is 209 Å². The number of anilines is 1. The Balaban J connectivity index is 1.45. The van der Waals surface area contributed by atoms with Crippen LogP contribution in [0.1, 0.15) is 47.0 Å². The van der Waals surface area contributed by atoms with E-state index in [9.17, 15) is 4.79 Å². The first kappa shape index (κ1) is 23.3. The van der Waals surface area contributed by atoms with E-state index in [1.807, 2.05) is 79.3 Å². The van der Waals surface area contributed by atoms with Gasteiger partial charge >= 0.3 is 0 Å². The largest absolute Gasteiger partial charge is 0.501 e. The lowest BCUT2D eigenvalue weighted by Gasteiger charge is -2.08. The Hall–Kier alpha value is -4.46. The van der Waals surface area contributed by atoms with Crippen LogP contribution in [0.25, 0.3) is 22.6 Å². The summed E-state index contributed by atoms with van der Waals surface area (Å²) in [4.78, 5) is 22.4. The van der Waals surface area contributed by atoms with Crippen LogP contribution >= 0.6 is 0 Å². The van der Waals surface area contributed by atoms with Crippen molar-refractivity contribution in [2.75, 3.05) is 11.9 Å². The molecule has 0 saturated heterocycles. The molecule has 0 atom stereocenters. The zero-order valence-corrected chi connectivity index (χ0v) is 20.6. The van der Waals surface area contributed by atoms with Crippen LogP contribution in [0, 0.1) is 6.92 Å². The van der Waals surface area contributed by atoms with E-state index >= 15 is 0 Å². The average molecular weight is 481 g/mol. The van der Waals surface area contributed by atoms with Crippen LogP contribution in [0.5, 0.6) is 0 Å². The van der Waals surface area contributed by atoms with E-state index in [1.165, 1.54) is 0 Å². The van der Waals surface area contributed by atoms with Crippen molar-refractivity contribution in [2.45, 2.75) is 33.7 Å². The van der Waals surface area contributed by atoms with Crippen molar-refractivity contribution in [2.24, 2.45) is 0 Å². The number of ether oxygens (including phenoxy) is 1. The van der Waals surface area contributed by atoms with Crippen molar-refractivity contribution < 1.29 is 9.53 Å². The van der Waals surface area contributed by atoms with Gasteiger partial charge in [-0.2, -0.15) is 5.10 Å². The summed E-state index contributed by atoms with van der Waals surface area (Å²) < 4.78 is 9.01.